The maximum Gasteiger partial charge on any atom is 0.301 e. The zero-order valence-electron chi connectivity index (χ0n) is 22.7. The van der Waals surface area contributed by atoms with Gasteiger partial charge in [0, 0.05) is 79.9 Å². The summed E-state index contributed by atoms with van der Waals surface area (Å²) >= 11 is 0. The zero-order chi connectivity index (χ0) is 30.2. The number of nitrogens with zero attached hydrogens (tertiary/aromatic N) is 3. The van der Waals surface area contributed by atoms with E-state index in [0.29, 0.717) is 43.0 Å². The molecule has 0 spiro atoms. The van der Waals surface area contributed by atoms with Gasteiger partial charge in [0.25, 0.3) is 6.43 Å². The fourth-order valence-electron chi connectivity index (χ4n) is 4.81. The summed E-state index contributed by atoms with van der Waals surface area (Å²) < 4.78 is 86.2. The highest BCUT2D eigenvalue weighted by molar-refractivity contribution is 7.90. The lowest BCUT2D eigenvalue weighted by Gasteiger charge is -2.31. The number of piperazine rings is 1. The highest BCUT2D eigenvalue weighted by atomic mass is 32.2. The van der Waals surface area contributed by atoms with E-state index in [1.165, 1.54) is 31.6 Å². The Morgan fingerprint density at radius 1 is 1.12 bits per heavy atom. The van der Waals surface area contributed by atoms with Crippen molar-refractivity contribution in [2.75, 3.05) is 49.4 Å². The van der Waals surface area contributed by atoms with Crippen LogP contribution in [0.2, 0.25) is 0 Å². The summed E-state index contributed by atoms with van der Waals surface area (Å²) in [6, 6.07) is 7.90. The van der Waals surface area contributed by atoms with Crippen molar-refractivity contribution >= 4 is 38.4 Å². The first kappa shape index (κ1) is 29.5. The minimum absolute atomic E-state index is 0.0892. The third kappa shape index (κ3) is 5.56. The van der Waals surface area contributed by atoms with Gasteiger partial charge in [-0.05, 0) is 35.9 Å². The van der Waals surface area contributed by atoms with Gasteiger partial charge in [0.15, 0.2) is 5.82 Å². The lowest BCUT2D eigenvalue weighted by Crippen LogP contribution is -2.43. The summed E-state index contributed by atoms with van der Waals surface area (Å²) in [6.45, 7) is 4.20. The Morgan fingerprint density at radius 3 is 2.55 bits per heavy atom. The van der Waals surface area contributed by atoms with E-state index < -0.39 is 45.3 Å². The number of pyridine rings is 1. The maximum atomic E-state index is 15.4. The largest absolute Gasteiger partial charge is 0.369 e. The molecule has 2 aromatic carbocycles. The van der Waals surface area contributed by atoms with E-state index in [9.17, 15) is 26.4 Å². The van der Waals surface area contributed by atoms with Crippen LogP contribution in [-0.4, -0.2) is 68.2 Å². The molecule has 0 aliphatic carbocycles. The molecule has 0 atom stereocenters. The van der Waals surface area contributed by atoms with Crippen molar-refractivity contribution in [3.05, 3.63) is 77.1 Å². The number of fused-ring (bicyclic) bond motifs is 1. The van der Waals surface area contributed by atoms with E-state index in [1.807, 2.05) is 9.62 Å². The number of benzene rings is 2. The molecule has 0 amide bonds. The summed E-state index contributed by atoms with van der Waals surface area (Å²) in [5.41, 5.74) is -0.318. The van der Waals surface area contributed by atoms with Gasteiger partial charge in [-0.25, -0.2) is 22.5 Å². The zero-order valence-corrected chi connectivity index (χ0v) is 23.5. The molecule has 4 aromatic rings. The van der Waals surface area contributed by atoms with E-state index in [4.69, 9.17) is 0 Å². The second-order valence-electron chi connectivity index (χ2n) is 9.77. The number of aromatic nitrogens is 2. The van der Waals surface area contributed by atoms with E-state index >= 15 is 4.39 Å². The van der Waals surface area contributed by atoms with Crippen LogP contribution >= 0.6 is 0 Å². The molecule has 1 aliphatic heterocycles. The van der Waals surface area contributed by atoms with E-state index in [2.05, 4.69) is 15.3 Å². The predicted octanol–water partition coefficient (Wildman–Crippen LogP) is 4.69. The first-order chi connectivity index (χ1) is 20.0. The van der Waals surface area contributed by atoms with Gasteiger partial charge in [0.1, 0.15) is 11.5 Å². The second-order valence-corrected chi connectivity index (χ2v) is 11.5. The molecule has 2 aromatic heterocycles. The van der Waals surface area contributed by atoms with Crippen LogP contribution in [0.3, 0.4) is 0 Å². The molecule has 1 aliphatic rings. The Bertz CT molecular complexity index is 1760. The summed E-state index contributed by atoms with van der Waals surface area (Å²) in [7, 11) is -2.88. The number of rotatable bonds is 9. The van der Waals surface area contributed by atoms with Crippen molar-refractivity contribution < 1.29 is 30.8 Å². The van der Waals surface area contributed by atoms with Crippen LogP contribution in [0, 0.1) is 11.6 Å². The van der Waals surface area contributed by atoms with E-state index in [-0.39, 0.29) is 28.7 Å². The Morgan fingerprint density at radius 2 is 1.86 bits per heavy atom. The molecule has 3 heterocycles. The van der Waals surface area contributed by atoms with Crippen molar-refractivity contribution in [2.45, 2.75) is 13.3 Å². The molecular weight excluding hydrogens is 576 g/mol. The first-order valence-electron chi connectivity index (χ1n) is 13.1. The van der Waals surface area contributed by atoms with Gasteiger partial charge in [-0.15, -0.1) is 0 Å². The molecule has 9 nitrogen and oxygen atoms in total. The summed E-state index contributed by atoms with van der Waals surface area (Å²) in [5, 5.41) is 3.40. The van der Waals surface area contributed by atoms with Crippen molar-refractivity contribution in [2.24, 2.45) is 0 Å². The van der Waals surface area contributed by atoms with Gasteiger partial charge < -0.3 is 15.2 Å². The third-order valence-corrected chi connectivity index (χ3v) is 8.80. The lowest BCUT2D eigenvalue weighted by molar-refractivity contribution is 0.103. The molecule has 42 heavy (non-hydrogen) atoms. The standard InChI is InChI=1S/C28H28F4N6O3S/c1-3-37(2)42(40,41)36-22-6-5-21(29)24(25(22)30)26(39)20-15-35-28-18(20)13-17(14-34-28)16-4-7-23(19(12-16)27(31)32)38-10-8-33-9-11-38/h4-7,12-15,27,33,36H,3,8-11H2,1-2H3,(H,34,35). The minimum Gasteiger partial charge on any atom is -0.369 e. The van der Waals surface area contributed by atoms with Crippen LogP contribution < -0.4 is 14.9 Å². The second kappa shape index (κ2) is 11.7. The van der Waals surface area contributed by atoms with Crippen LogP contribution in [0.25, 0.3) is 22.2 Å². The Balaban J connectivity index is 1.53. The highest BCUT2D eigenvalue weighted by Crippen LogP contribution is 2.35. The van der Waals surface area contributed by atoms with Crippen molar-refractivity contribution in [3.8, 4) is 11.1 Å². The quantitative estimate of drug-likeness (QED) is 0.189. The Kier molecular flexibility index (Phi) is 8.21. The highest BCUT2D eigenvalue weighted by Gasteiger charge is 2.27. The van der Waals surface area contributed by atoms with Crippen LogP contribution in [0.4, 0.5) is 28.9 Å². The van der Waals surface area contributed by atoms with Crippen molar-refractivity contribution in [3.63, 3.8) is 0 Å². The predicted molar refractivity (Wildman–Crippen MR) is 152 cm³/mol. The molecule has 0 radical (unpaired) electrons. The number of hydrogen-bond donors (Lipinski definition) is 3. The molecule has 222 valence electrons. The van der Waals surface area contributed by atoms with Gasteiger partial charge in [0.05, 0.1) is 11.3 Å². The van der Waals surface area contributed by atoms with Crippen LogP contribution in [0.1, 0.15) is 34.8 Å². The smallest absolute Gasteiger partial charge is 0.301 e. The molecule has 5 rings (SSSR count). The molecular formula is C28H28F4N6O3S. The Labute approximate surface area is 239 Å². The molecule has 0 bridgehead atoms. The van der Waals surface area contributed by atoms with Gasteiger partial charge >= 0.3 is 10.2 Å². The van der Waals surface area contributed by atoms with Crippen molar-refractivity contribution in [1.29, 1.82) is 0 Å². The number of H-pyrrole nitrogens is 1. The number of carbonyl (C=O) groups is 1. The van der Waals surface area contributed by atoms with Gasteiger partial charge in [0.2, 0.25) is 5.78 Å². The van der Waals surface area contributed by atoms with Crippen molar-refractivity contribution in [1.82, 2.24) is 19.6 Å². The van der Waals surface area contributed by atoms with Crippen LogP contribution in [0.15, 0.2) is 48.8 Å². The summed E-state index contributed by atoms with van der Waals surface area (Å²) in [4.78, 5) is 22.4. The van der Waals surface area contributed by atoms with Crippen LogP contribution in [0.5, 0.6) is 0 Å². The molecule has 0 unspecified atom stereocenters. The number of halogens is 4. The fraction of sp³-hybridized carbons (Fsp3) is 0.286. The number of nitrogens with one attached hydrogen (secondary N) is 3. The molecule has 3 N–H and O–H groups in total. The first-order valence-corrected chi connectivity index (χ1v) is 14.6. The molecule has 14 heteroatoms. The number of ketones is 1. The average molecular weight is 605 g/mol. The summed E-state index contributed by atoms with van der Waals surface area (Å²) in [6.07, 6.45) is -0.0468. The number of carbonyl (C=O) groups excluding carboxylic acids is 1. The minimum atomic E-state index is -4.15. The number of alkyl halides is 2. The number of anilines is 2. The van der Waals surface area contributed by atoms with E-state index in [1.54, 1.807) is 19.1 Å². The fourth-order valence-corrected chi connectivity index (χ4v) is 5.74. The van der Waals surface area contributed by atoms with Gasteiger partial charge in [-0.2, -0.15) is 12.7 Å². The van der Waals surface area contributed by atoms with Crippen LogP contribution in [-0.2, 0) is 10.2 Å². The number of hydrogen-bond acceptors (Lipinski definition) is 6. The number of aromatic amines is 1. The van der Waals surface area contributed by atoms with E-state index in [0.717, 1.165) is 16.4 Å². The third-order valence-electron chi connectivity index (χ3n) is 7.24. The monoisotopic (exact) mass is 604 g/mol. The average Bonchev–Trinajstić information content (AvgIpc) is 3.41. The molecule has 1 fully saturated rings. The normalized spacial score (nSPS) is 14.2. The Hall–Kier alpha value is -4.01. The molecule has 1 saturated heterocycles. The topological polar surface area (TPSA) is 110 Å². The summed E-state index contributed by atoms with van der Waals surface area (Å²) in [5.74, 6) is -3.62. The van der Waals surface area contributed by atoms with Gasteiger partial charge in [-0.3, -0.25) is 9.52 Å². The maximum absolute atomic E-state index is 15.4. The molecule has 0 saturated carbocycles. The van der Waals surface area contributed by atoms with Gasteiger partial charge in [-0.1, -0.05) is 13.0 Å². The SMILES string of the molecule is CCN(C)S(=O)(=O)Nc1ccc(F)c(C(=O)c2c[nH]c3ncc(-c4ccc(N5CCNCC5)c(C(F)F)c4)cc23)c1F. The lowest BCUT2D eigenvalue weighted by atomic mass is 9.98.